The molecular weight excluding hydrogens is 241 g/mol. The summed E-state index contributed by atoms with van der Waals surface area (Å²) in [5.41, 5.74) is 0.573. The van der Waals surface area contributed by atoms with Crippen LogP contribution in [0.25, 0.3) is 0 Å². The fourth-order valence-electron chi connectivity index (χ4n) is 0.987. The number of nitrogens with zero attached hydrogens (tertiary/aromatic N) is 1. The van der Waals surface area contributed by atoms with Gasteiger partial charge < -0.3 is 0 Å². The Morgan fingerprint density at radius 2 is 2.21 bits per heavy atom. The van der Waals surface area contributed by atoms with Crippen molar-refractivity contribution in [2.45, 2.75) is 0 Å². The Morgan fingerprint density at radius 3 is 2.86 bits per heavy atom. The molecule has 0 bridgehead atoms. The Kier molecular flexibility index (Phi) is 4.52. The quantitative estimate of drug-likeness (QED) is 0.573. The van der Waals surface area contributed by atoms with Crippen LogP contribution in [0.5, 0.6) is 5.75 Å². The van der Waals surface area contributed by atoms with Crippen molar-refractivity contribution in [3.05, 3.63) is 23.8 Å². The van der Waals surface area contributed by atoms with Crippen LogP contribution in [-0.4, -0.2) is 37.2 Å². The third-order valence-electron chi connectivity index (χ3n) is 1.66. The molecule has 0 saturated carbocycles. The Morgan fingerprint density at radius 1 is 1.43 bits per heavy atom. The number of ether oxygens (including phenoxy) is 2. The monoisotopic (exact) mass is 251 g/mol. The molecule has 2 radical (unpaired) electrons. The zero-order valence-electron chi connectivity index (χ0n) is 7.86. The van der Waals surface area contributed by atoms with Crippen LogP contribution in [0.2, 0.25) is 0 Å². The van der Waals surface area contributed by atoms with E-state index >= 15 is 0 Å². The molecule has 0 aliphatic heterocycles. The summed E-state index contributed by atoms with van der Waals surface area (Å²) in [6.07, 6.45) is 0. The van der Waals surface area contributed by atoms with Crippen LogP contribution in [0.3, 0.4) is 0 Å². The van der Waals surface area contributed by atoms with Crippen molar-refractivity contribution < 1.29 is 9.47 Å². The molecular formula is C10H10AsNO2. The second-order valence-corrected chi connectivity index (χ2v) is 3.61. The summed E-state index contributed by atoms with van der Waals surface area (Å²) in [7, 11) is 1.61. The van der Waals surface area contributed by atoms with Crippen LogP contribution in [-0.2, 0) is 4.74 Å². The van der Waals surface area contributed by atoms with Crippen LogP contribution in [0.4, 0.5) is 0 Å². The van der Waals surface area contributed by atoms with Crippen molar-refractivity contribution in [3.8, 4) is 11.8 Å². The van der Waals surface area contributed by atoms with Gasteiger partial charge in [-0.2, -0.15) is 0 Å². The van der Waals surface area contributed by atoms with Crippen molar-refractivity contribution in [2.24, 2.45) is 0 Å². The number of hydrogen-bond donors (Lipinski definition) is 0. The van der Waals surface area contributed by atoms with Gasteiger partial charge in [0, 0.05) is 0 Å². The second kappa shape index (κ2) is 5.69. The predicted octanol–water partition coefficient (Wildman–Crippen LogP) is 0.377. The first kappa shape index (κ1) is 11.1. The topological polar surface area (TPSA) is 42.2 Å². The first-order valence-corrected chi connectivity index (χ1v) is 5.07. The molecule has 0 atom stereocenters. The van der Waals surface area contributed by atoms with E-state index in [1.165, 1.54) is 0 Å². The van der Waals surface area contributed by atoms with Crippen LogP contribution in [0.15, 0.2) is 18.2 Å². The van der Waals surface area contributed by atoms with Gasteiger partial charge in [-0.15, -0.1) is 0 Å². The number of nitriles is 1. The first-order valence-electron chi connectivity index (χ1n) is 4.13. The molecule has 1 aromatic rings. The summed E-state index contributed by atoms with van der Waals surface area (Å²) >= 11 is 2.35. The van der Waals surface area contributed by atoms with Gasteiger partial charge >= 0.3 is 91.8 Å². The molecule has 14 heavy (non-hydrogen) atoms. The van der Waals surface area contributed by atoms with Crippen molar-refractivity contribution >= 4 is 21.2 Å². The molecule has 0 spiro atoms. The number of hydrogen-bond acceptors (Lipinski definition) is 3. The minimum absolute atomic E-state index is 0.460. The van der Waals surface area contributed by atoms with E-state index in [0.29, 0.717) is 24.5 Å². The summed E-state index contributed by atoms with van der Waals surface area (Å²) in [6.45, 7) is 0.981. The Hall–Kier alpha value is -0.972. The standard InChI is InChI=1S/C10H10AsNO2/c1-13-5-6-14-10-4-2-3-9(11)8(10)7-12/h2-4H,5-6H2,1H3. The Labute approximate surface area is 92.1 Å². The van der Waals surface area contributed by atoms with Crippen LogP contribution in [0, 0.1) is 11.3 Å². The van der Waals surface area contributed by atoms with E-state index in [1.54, 1.807) is 13.2 Å². The fraction of sp³-hybridized carbons (Fsp3) is 0.300. The normalized spacial score (nSPS) is 9.50. The Bertz CT molecular complexity index is 346. The molecule has 72 valence electrons. The van der Waals surface area contributed by atoms with Gasteiger partial charge in [-0.25, -0.2) is 0 Å². The van der Waals surface area contributed by atoms with Gasteiger partial charge in [0.1, 0.15) is 0 Å². The van der Waals surface area contributed by atoms with Gasteiger partial charge in [-0.3, -0.25) is 0 Å². The van der Waals surface area contributed by atoms with Gasteiger partial charge in [-0.1, -0.05) is 0 Å². The average molecular weight is 251 g/mol. The molecule has 0 aromatic heterocycles. The summed E-state index contributed by atoms with van der Waals surface area (Å²) in [5.74, 6) is 0.614. The van der Waals surface area contributed by atoms with E-state index in [-0.39, 0.29) is 0 Å². The van der Waals surface area contributed by atoms with Gasteiger partial charge in [-0.05, 0) is 0 Å². The molecule has 3 nitrogen and oxygen atoms in total. The Balaban J connectivity index is 2.76. The maximum atomic E-state index is 8.88. The van der Waals surface area contributed by atoms with Crippen LogP contribution >= 0.6 is 0 Å². The molecule has 0 aliphatic rings. The van der Waals surface area contributed by atoms with E-state index in [9.17, 15) is 0 Å². The van der Waals surface area contributed by atoms with E-state index in [4.69, 9.17) is 14.7 Å². The van der Waals surface area contributed by atoms with Crippen LogP contribution in [0.1, 0.15) is 5.56 Å². The average Bonchev–Trinajstić information content (AvgIpc) is 2.18. The molecule has 4 heteroatoms. The molecule has 0 N–H and O–H groups in total. The van der Waals surface area contributed by atoms with Crippen molar-refractivity contribution in [3.63, 3.8) is 0 Å². The molecule has 0 fully saturated rings. The molecule has 1 aromatic carbocycles. The van der Waals surface area contributed by atoms with Gasteiger partial charge in [0.2, 0.25) is 0 Å². The van der Waals surface area contributed by atoms with E-state index in [0.717, 1.165) is 4.35 Å². The van der Waals surface area contributed by atoms with E-state index in [1.807, 2.05) is 12.1 Å². The summed E-state index contributed by atoms with van der Waals surface area (Å²) in [5, 5.41) is 8.88. The number of benzene rings is 1. The first-order chi connectivity index (χ1) is 6.79. The maximum absolute atomic E-state index is 8.88. The zero-order chi connectivity index (χ0) is 10.4. The van der Waals surface area contributed by atoms with Crippen molar-refractivity contribution in [2.75, 3.05) is 20.3 Å². The third-order valence-corrected chi connectivity index (χ3v) is 2.44. The van der Waals surface area contributed by atoms with Crippen molar-refractivity contribution in [1.29, 1.82) is 5.26 Å². The minimum atomic E-state index is 0.460. The summed E-state index contributed by atoms with van der Waals surface area (Å²) in [4.78, 5) is 0. The SMILES string of the molecule is COCCOc1cccc([As])c1C#N. The summed E-state index contributed by atoms with van der Waals surface area (Å²) in [6, 6.07) is 7.61. The molecule has 0 unspecified atom stereocenters. The van der Waals surface area contributed by atoms with Gasteiger partial charge in [0.15, 0.2) is 0 Å². The van der Waals surface area contributed by atoms with E-state index < -0.39 is 0 Å². The second-order valence-electron chi connectivity index (χ2n) is 2.60. The third kappa shape index (κ3) is 2.76. The zero-order valence-corrected chi connectivity index (χ0v) is 9.73. The molecule has 1 rings (SSSR count). The van der Waals surface area contributed by atoms with Gasteiger partial charge in [0.05, 0.1) is 0 Å². The summed E-state index contributed by atoms with van der Waals surface area (Å²) < 4.78 is 11.1. The van der Waals surface area contributed by atoms with E-state index in [2.05, 4.69) is 22.9 Å². The predicted molar refractivity (Wildman–Crippen MR) is 53.9 cm³/mol. The number of rotatable bonds is 4. The van der Waals surface area contributed by atoms with Crippen molar-refractivity contribution in [1.82, 2.24) is 0 Å². The molecule has 0 amide bonds. The fourth-order valence-corrected chi connectivity index (χ4v) is 1.50. The van der Waals surface area contributed by atoms with Crippen LogP contribution < -0.4 is 9.09 Å². The molecule has 0 heterocycles. The number of methoxy groups -OCH3 is 1. The van der Waals surface area contributed by atoms with Gasteiger partial charge in [0.25, 0.3) is 0 Å². The molecule has 0 aliphatic carbocycles. The molecule has 0 saturated heterocycles.